The molecule has 0 saturated heterocycles. The van der Waals surface area contributed by atoms with Gasteiger partial charge in [0.15, 0.2) is 0 Å². The summed E-state index contributed by atoms with van der Waals surface area (Å²) in [6.07, 6.45) is 3.16. The van der Waals surface area contributed by atoms with Crippen LogP contribution < -0.4 is 16.8 Å². The first-order valence-corrected chi connectivity index (χ1v) is 9.25. The van der Waals surface area contributed by atoms with Crippen LogP contribution in [-0.2, 0) is 11.8 Å². The number of nitrogen functional groups attached to an aromatic ring is 2. The van der Waals surface area contributed by atoms with Gasteiger partial charge >= 0.3 is 0 Å². The third-order valence-corrected chi connectivity index (χ3v) is 4.88. The van der Waals surface area contributed by atoms with Crippen LogP contribution in [0.4, 0.5) is 17.3 Å². The van der Waals surface area contributed by atoms with Crippen LogP contribution in [0.15, 0.2) is 61.1 Å². The molecule has 150 valence electrons. The van der Waals surface area contributed by atoms with Crippen molar-refractivity contribution in [2.75, 3.05) is 16.8 Å². The molecular weight excluding hydrogens is 378 g/mol. The van der Waals surface area contributed by atoms with Gasteiger partial charge in [-0.05, 0) is 36.8 Å². The molecule has 3 heterocycles. The van der Waals surface area contributed by atoms with Crippen LogP contribution in [-0.4, -0.2) is 25.4 Å². The molecule has 0 aliphatic carbocycles. The zero-order valence-electron chi connectivity index (χ0n) is 16.7. The van der Waals surface area contributed by atoms with Crippen molar-refractivity contribution in [2.45, 2.75) is 6.92 Å². The minimum atomic E-state index is -0.218. The van der Waals surface area contributed by atoms with E-state index in [4.69, 9.17) is 11.5 Å². The molecule has 3 aromatic heterocycles. The van der Waals surface area contributed by atoms with Gasteiger partial charge in [-0.2, -0.15) is 0 Å². The fourth-order valence-electron chi connectivity index (χ4n) is 3.40. The van der Waals surface area contributed by atoms with Gasteiger partial charge in [-0.1, -0.05) is 18.7 Å². The lowest BCUT2D eigenvalue weighted by Gasteiger charge is -2.10. The number of anilines is 3. The minimum absolute atomic E-state index is 0.218. The van der Waals surface area contributed by atoms with Crippen LogP contribution >= 0.6 is 0 Å². The van der Waals surface area contributed by atoms with Gasteiger partial charge in [-0.3, -0.25) is 4.79 Å². The average molecular weight is 399 g/mol. The number of nitrogens with one attached hydrogen (secondary N) is 1. The zero-order chi connectivity index (χ0) is 21.4. The topological polar surface area (TPSA) is 125 Å². The molecule has 0 bridgehead atoms. The lowest BCUT2D eigenvalue weighted by atomic mass is 10.00. The quantitative estimate of drug-likeness (QED) is 0.452. The zero-order valence-corrected chi connectivity index (χ0v) is 16.7. The van der Waals surface area contributed by atoms with E-state index in [2.05, 4.69) is 26.8 Å². The number of aryl methyl sites for hydroxylation is 1. The summed E-state index contributed by atoms with van der Waals surface area (Å²) in [5, 5.41) is 3.56. The van der Waals surface area contributed by atoms with Crippen molar-refractivity contribution in [1.82, 2.24) is 19.5 Å². The molecule has 0 unspecified atom stereocenters. The number of rotatable bonds is 4. The number of amides is 1. The maximum atomic E-state index is 11.9. The van der Waals surface area contributed by atoms with E-state index in [1.807, 2.05) is 41.9 Å². The number of benzene rings is 1. The van der Waals surface area contributed by atoms with Gasteiger partial charge in [0, 0.05) is 35.6 Å². The molecule has 0 saturated carbocycles. The predicted molar refractivity (Wildman–Crippen MR) is 119 cm³/mol. The van der Waals surface area contributed by atoms with Gasteiger partial charge in [-0.25, -0.2) is 15.0 Å². The second-order valence-electron chi connectivity index (χ2n) is 7.02. The molecule has 1 amide bonds. The second kappa shape index (κ2) is 7.32. The fourth-order valence-corrected chi connectivity index (χ4v) is 3.40. The van der Waals surface area contributed by atoms with E-state index in [0.29, 0.717) is 28.5 Å². The van der Waals surface area contributed by atoms with Crippen LogP contribution in [0.25, 0.3) is 33.4 Å². The Balaban J connectivity index is 1.90. The van der Waals surface area contributed by atoms with Gasteiger partial charge in [0.25, 0.3) is 5.91 Å². The summed E-state index contributed by atoms with van der Waals surface area (Å²) in [4.78, 5) is 24.7. The highest BCUT2D eigenvalue weighted by molar-refractivity contribution is 6.08. The molecule has 0 atom stereocenters. The Labute approximate surface area is 173 Å². The minimum Gasteiger partial charge on any atom is -0.384 e. The number of carbonyl (C=O) groups is 1. The Kier molecular flexibility index (Phi) is 4.67. The van der Waals surface area contributed by atoms with Crippen LogP contribution in [0.1, 0.15) is 6.92 Å². The fraction of sp³-hybridized carbons (Fsp3) is 0.0909. The van der Waals surface area contributed by atoms with Crippen molar-refractivity contribution in [2.24, 2.45) is 7.05 Å². The van der Waals surface area contributed by atoms with E-state index >= 15 is 0 Å². The molecule has 8 nitrogen and oxygen atoms in total. The SMILES string of the molecule is C=C(C)C(=O)Nc1ccc(-c2c(-c3ccc(N)nc3)c3c(N)ncnc3n2C)cc1. The Hall–Kier alpha value is -4.20. The highest BCUT2D eigenvalue weighted by Gasteiger charge is 2.22. The number of aromatic nitrogens is 4. The summed E-state index contributed by atoms with van der Waals surface area (Å²) in [6, 6.07) is 11.2. The monoisotopic (exact) mass is 399 g/mol. The summed E-state index contributed by atoms with van der Waals surface area (Å²) in [5.41, 5.74) is 17.4. The third-order valence-electron chi connectivity index (χ3n) is 4.88. The Bertz CT molecular complexity index is 1270. The Morgan fingerprint density at radius 1 is 1.03 bits per heavy atom. The smallest absolute Gasteiger partial charge is 0.250 e. The van der Waals surface area contributed by atoms with Crippen molar-refractivity contribution >= 4 is 34.3 Å². The summed E-state index contributed by atoms with van der Waals surface area (Å²) < 4.78 is 1.97. The number of fused-ring (bicyclic) bond motifs is 1. The maximum Gasteiger partial charge on any atom is 0.250 e. The molecule has 8 heteroatoms. The molecule has 0 aliphatic rings. The normalized spacial score (nSPS) is 10.9. The van der Waals surface area contributed by atoms with Crippen LogP contribution in [0.2, 0.25) is 0 Å². The summed E-state index contributed by atoms with van der Waals surface area (Å²) in [6.45, 7) is 5.32. The third kappa shape index (κ3) is 3.24. The van der Waals surface area contributed by atoms with Crippen LogP contribution in [0.5, 0.6) is 0 Å². The molecule has 30 heavy (non-hydrogen) atoms. The van der Waals surface area contributed by atoms with Crippen molar-refractivity contribution in [1.29, 1.82) is 0 Å². The molecule has 0 radical (unpaired) electrons. The summed E-state index contributed by atoms with van der Waals surface area (Å²) in [7, 11) is 1.93. The molecule has 0 aliphatic heterocycles. The molecule has 0 fully saturated rings. The largest absolute Gasteiger partial charge is 0.384 e. The number of pyridine rings is 1. The number of carbonyl (C=O) groups excluding carboxylic acids is 1. The van der Waals surface area contributed by atoms with Gasteiger partial charge in [0.2, 0.25) is 0 Å². The molecule has 4 rings (SSSR count). The van der Waals surface area contributed by atoms with E-state index in [1.54, 1.807) is 19.2 Å². The van der Waals surface area contributed by atoms with Crippen LogP contribution in [0.3, 0.4) is 0 Å². The molecule has 5 N–H and O–H groups in total. The maximum absolute atomic E-state index is 11.9. The molecule has 0 spiro atoms. The lowest BCUT2D eigenvalue weighted by molar-refractivity contribution is -0.112. The summed E-state index contributed by atoms with van der Waals surface area (Å²) >= 11 is 0. The van der Waals surface area contributed by atoms with E-state index < -0.39 is 0 Å². The Morgan fingerprint density at radius 2 is 1.73 bits per heavy atom. The lowest BCUT2D eigenvalue weighted by Crippen LogP contribution is -2.11. The van der Waals surface area contributed by atoms with Gasteiger partial charge < -0.3 is 21.4 Å². The van der Waals surface area contributed by atoms with Crippen molar-refractivity contribution in [3.8, 4) is 22.4 Å². The first-order valence-electron chi connectivity index (χ1n) is 9.25. The summed E-state index contributed by atoms with van der Waals surface area (Å²) in [5.74, 6) is 0.602. The van der Waals surface area contributed by atoms with E-state index in [-0.39, 0.29) is 5.91 Å². The van der Waals surface area contributed by atoms with Gasteiger partial charge in [0.1, 0.15) is 23.6 Å². The standard InChI is InChI=1S/C22H21N7O/c1-12(2)22(30)28-15-7-4-13(5-8-15)19-17(14-6-9-16(23)25-10-14)18-20(24)26-11-27-21(18)29(19)3/h4-11H,1H2,2-3H3,(H2,23,25)(H,28,30)(H2,24,26,27). The molecule has 4 aromatic rings. The highest BCUT2D eigenvalue weighted by atomic mass is 16.1. The molecule has 1 aromatic carbocycles. The van der Waals surface area contributed by atoms with Crippen molar-refractivity contribution < 1.29 is 4.79 Å². The second-order valence-corrected chi connectivity index (χ2v) is 7.02. The first-order chi connectivity index (χ1) is 14.4. The predicted octanol–water partition coefficient (Wildman–Crippen LogP) is 3.38. The van der Waals surface area contributed by atoms with Crippen molar-refractivity contribution in [3.63, 3.8) is 0 Å². The van der Waals surface area contributed by atoms with Gasteiger partial charge in [0.05, 0.1) is 11.1 Å². The highest BCUT2D eigenvalue weighted by Crippen LogP contribution is 2.41. The van der Waals surface area contributed by atoms with E-state index in [9.17, 15) is 4.79 Å². The van der Waals surface area contributed by atoms with E-state index in [1.165, 1.54) is 6.33 Å². The molecular formula is C22H21N7O. The number of hydrogen-bond acceptors (Lipinski definition) is 6. The number of nitrogens with zero attached hydrogens (tertiary/aromatic N) is 4. The van der Waals surface area contributed by atoms with E-state index in [0.717, 1.165) is 27.8 Å². The van der Waals surface area contributed by atoms with Crippen LogP contribution in [0, 0.1) is 0 Å². The number of hydrogen-bond donors (Lipinski definition) is 3. The number of nitrogens with two attached hydrogens (primary N) is 2. The van der Waals surface area contributed by atoms with Gasteiger partial charge in [-0.15, -0.1) is 0 Å². The average Bonchev–Trinajstić information content (AvgIpc) is 3.03. The Morgan fingerprint density at radius 3 is 2.37 bits per heavy atom. The first kappa shape index (κ1) is 19.1. The van der Waals surface area contributed by atoms with Crippen molar-refractivity contribution in [3.05, 3.63) is 61.1 Å².